The number of allylic oxidation sites excluding steroid dienone is 1. The van der Waals surface area contributed by atoms with E-state index in [-0.39, 0.29) is 11.5 Å². The summed E-state index contributed by atoms with van der Waals surface area (Å²) < 4.78 is 5.85. The standard InChI is InChI=1S/C22H22ClN3OS/c1-22(2,3)20-18(12-24)19(25-21(28)26-20)15-6-10-17(11-7-15)27-13-14-4-8-16(23)9-5-14/h4-11,19H,13H2,1-3H3,(H2,25,26,28)/t19-/m1/s1. The summed E-state index contributed by atoms with van der Waals surface area (Å²) in [7, 11) is 0. The normalized spacial score (nSPS) is 16.8. The van der Waals surface area contributed by atoms with E-state index in [1.165, 1.54) is 0 Å². The fourth-order valence-corrected chi connectivity index (χ4v) is 3.38. The monoisotopic (exact) mass is 411 g/mol. The van der Waals surface area contributed by atoms with E-state index in [9.17, 15) is 5.26 Å². The van der Waals surface area contributed by atoms with Crippen LogP contribution in [0.5, 0.6) is 5.75 Å². The van der Waals surface area contributed by atoms with Gasteiger partial charge in [-0.3, -0.25) is 0 Å². The molecule has 0 aliphatic carbocycles. The first-order valence-electron chi connectivity index (χ1n) is 8.97. The van der Waals surface area contributed by atoms with Gasteiger partial charge in [0.2, 0.25) is 0 Å². The lowest BCUT2D eigenvalue weighted by atomic mass is 9.84. The van der Waals surface area contributed by atoms with Gasteiger partial charge in [0.05, 0.1) is 17.7 Å². The van der Waals surface area contributed by atoms with Crippen LogP contribution >= 0.6 is 23.8 Å². The van der Waals surface area contributed by atoms with Crippen molar-refractivity contribution in [3.05, 3.63) is 76.0 Å². The number of nitrogens with one attached hydrogen (secondary N) is 2. The summed E-state index contributed by atoms with van der Waals surface area (Å²) in [5.41, 5.74) is 3.30. The topological polar surface area (TPSA) is 57.1 Å². The lowest BCUT2D eigenvalue weighted by Crippen LogP contribution is -2.46. The molecule has 0 bridgehead atoms. The number of ether oxygens (including phenoxy) is 1. The van der Waals surface area contributed by atoms with Crippen LogP contribution in [0.2, 0.25) is 5.02 Å². The fourth-order valence-electron chi connectivity index (χ4n) is 3.03. The van der Waals surface area contributed by atoms with Crippen LogP contribution in [0.1, 0.15) is 37.9 Å². The average molecular weight is 412 g/mol. The van der Waals surface area contributed by atoms with Crippen molar-refractivity contribution in [1.29, 1.82) is 5.26 Å². The van der Waals surface area contributed by atoms with Crippen molar-refractivity contribution in [2.75, 3.05) is 0 Å². The van der Waals surface area contributed by atoms with Crippen molar-refractivity contribution >= 4 is 28.9 Å². The van der Waals surface area contributed by atoms with Crippen LogP contribution in [0, 0.1) is 16.7 Å². The maximum Gasteiger partial charge on any atom is 0.171 e. The number of nitrogens with zero attached hydrogens (tertiary/aromatic N) is 1. The quantitative estimate of drug-likeness (QED) is 0.672. The van der Waals surface area contributed by atoms with Crippen LogP contribution in [0.4, 0.5) is 0 Å². The zero-order chi connectivity index (χ0) is 20.3. The molecule has 0 fully saturated rings. The van der Waals surface area contributed by atoms with Gasteiger partial charge in [-0.1, -0.05) is 56.6 Å². The highest BCUT2D eigenvalue weighted by Crippen LogP contribution is 2.34. The van der Waals surface area contributed by atoms with Gasteiger partial charge in [-0.25, -0.2) is 0 Å². The number of hydrogen-bond acceptors (Lipinski definition) is 3. The Bertz CT molecular complexity index is 938. The summed E-state index contributed by atoms with van der Waals surface area (Å²) in [6.07, 6.45) is 0. The Hall–Kier alpha value is -2.55. The SMILES string of the molecule is CC(C)(C)C1=C(C#N)[C@@H](c2ccc(OCc3ccc(Cl)cc3)cc2)NC(=S)N1. The van der Waals surface area contributed by atoms with E-state index in [0.29, 0.717) is 22.3 Å². The summed E-state index contributed by atoms with van der Waals surface area (Å²) in [6, 6.07) is 17.4. The third-order valence-electron chi connectivity index (χ3n) is 4.47. The molecule has 2 N–H and O–H groups in total. The van der Waals surface area contributed by atoms with E-state index >= 15 is 0 Å². The summed E-state index contributed by atoms with van der Waals surface area (Å²) in [4.78, 5) is 0. The Morgan fingerprint density at radius 2 is 1.75 bits per heavy atom. The van der Waals surface area contributed by atoms with Gasteiger partial charge < -0.3 is 15.4 Å². The van der Waals surface area contributed by atoms with Gasteiger partial charge in [0.1, 0.15) is 12.4 Å². The van der Waals surface area contributed by atoms with Gasteiger partial charge in [0, 0.05) is 16.1 Å². The molecule has 6 heteroatoms. The van der Waals surface area contributed by atoms with Crippen LogP contribution in [-0.4, -0.2) is 5.11 Å². The minimum Gasteiger partial charge on any atom is -0.489 e. The number of rotatable bonds is 4. The van der Waals surface area contributed by atoms with Gasteiger partial charge in [-0.05, 0) is 47.6 Å². The lowest BCUT2D eigenvalue weighted by molar-refractivity contribution is 0.306. The van der Waals surface area contributed by atoms with Crippen molar-refractivity contribution < 1.29 is 4.74 Å². The highest BCUT2D eigenvalue weighted by molar-refractivity contribution is 7.80. The van der Waals surface area contributed by atoms with E-state index in [1.807, 2.05) is 48.5 Å². The summed E-state index contributed by atoms with van der Waals surface area (Å²) >= 11 is 11.3. The van der Waals surface area contributed by atoms with Crippen LogP contribution in [-0.2, 0) is 6.61 Å². The molecule has 0 spiro atoms. The molecule has 28 heavy (non-hydrogen) atoms. The van der Waals surface area contributed by atoms with E-state index in [4.69, 9.17) is 28.6 Å². The Morgan fingerprint density at radius 3 is 2.32 bits per heavy atom. The second-order valence-corrected chi connectivity index (χ2v) is 8.51. The minimum atomic E-state index is -0.279. The first-order valence-corrected chi connectivity index (χ1v) is 9.76. The fraction of sp³-hybridized carbons (Fsp3) is 0.273. The molecule has 0 saturated heterocycles. The first kappa shape index (κ1) is 20.2. The molecule has 2 aromatic carbocycles. The first-order chi connectivity index (χ1) is 13.3. The van der Waals surface area contributed by atoms with Gasteiger partial charge in [-0.2, -0.15) is 5.26 Å². The lowest BCUT2D eigenvalue weighted by Gasteiger charge is -2.34. The molecular formula is C22H22ClN3OS. The third kappa shape index (κ3) is 4.64. The smallest absolute Gasteiger partial charge is 0.171 e. The zero-order valence-corrected chi connectivity index (χ0v) is 17.6. The van der Waals surface area contributed by atoms with E-state index in [1.54, 1.807) is 0 Å². The van der Waals surface area contributed by atoms with Crippen molar-refractivity contribution in [2.45, 2.75) is 33.4 Å². The number of nitriles is 1. The van der Waals surface area contributed by atoms with Crippen molar-refractivity contribution in [3.63, 3.8) is 0 Å². The van der Waals surface area contributed by atoms with Crippen molar-refractivity contribution in [3.8, 4) is 11.8 Å². The molecule has 1 aliphatic rings. The number of thiocarbonyl (C=S) groups is 1. The van der Waals surface area contributed by atoms with Gasteiger partial charge in [0.25, 0.3) is 0 Å². The van der Waals surface area contributed by atoms with E-state index in [2.05, 4.69) is 37.5 Å². The maximum atomic E-state index is 9.76. The molecular weight excluding hydrogens is 390 g/mol. The van der Waals surface area contributed by atoms with E-state index in [0.717, 1.165) is 22.6 Å². The molecule has 1 heterocycles. The minimum absolute atomic E-state index is 0.211. The molecule has 1 aliphatic heterocycles. The van der Waals surface area contributed by atoms with Crippen LogP contribution < -0.4 is 15.4 Å². The molecule has 0 unspecified atom stereocenters. The summed E-state index contributed by atoms with van der Waals surface area (Å²) in [5.74, 6) is 0.758. The van der Waals surface area contributed by atoms with Crippen molar-refractivity contribution in [2.24, 2.45) is 5.41 Å². The summed E-state index contributed by atoms with van der Waals surface area (Å²) in [6.45, 7) is 6.64. The van der Waals surface area contributed by atoms with Gasteiger partial charge >= 0.3 is 0 Å². The Balaban J connectivity index is 1.79. The van der Waals surface area contributed by atoms with E-state index < -0.39 is 0 Å². The Labute approximate surface area is 176 Å². The second-order valence-electron chi connectivity index (χ2n) is 7.67. The van der Waals surface area contributed by atoms with Crippen LogP contribution in [0.25, 0.3) is 0 Å². The second kappa shape index (κ2) is 8.22. The zero-order valence-electron chi connectivity index (χ0n) is 16.0. The van der Waals surface area contributed by atoms with Crippen LogP contribution in [0.3, 0.4) is 0 Å². The number of halogens is 1. The average Bonchev–Trinajstić information content (AvgIpc) is 2.66. The molecule has 1 atom stereocenters. The number of hydrogen-bond donors (Lipinski definition) is 2. The number of benzene rings is 2. The highest BCUT2D eigenvalue weighted by Gasteiger charge is 2.32. The Kier molecular flexibility index (Phi) is 5.93. The highest BCUT2D eigenvalue weighted by atomic mass is 35.5. The Morgan fingerprint density at radius 1 is 1.11 bits per heavy atom. The molecule has 0 aromatic heterocycles. The third-order valence-corrected chi connectivity index (χ3v) is 4.95. The predicted octanol–water partition coefficient (Wildman–Crippen LogP) is 5.26. The molecule has 144 valence electrons. The molecule has 0 radical (unpaired) electrons. The molecule has 2 aromatic rings. The molecule has 4 nitrogen and oxygen atoms in total. The maximum absolute atomic E-state index is 9.76. The predicted molar refractivity (Wildman–Crippen MR) is 116 cm³/mol. The van der Waals surface area contributed by atoms with Gasteiger partial charge in [0.15, 0.2) is 5.11 Å². The largest absolute Gasteiger partial charge is 0.489 e. The van der Waals surface area contributed by atoms with Crippen molar-refractivity contribution in [1.82, 2.24) is 10.6 Å². The molecule has 0 amide bonds. The molecule has 0 saturated carbocycles. The summed E-state index contributed by atoms with van der Waals surface area (Å²) in [5, 5.41) is 17.4. The van der Waals surface area contributed by atoms with Gasteiger partial charge in [-0.15, -0.1) is 0 Å². The van der Waals surface area contributed by atoms with Crippen LogP contribution in [0.15, 0.2) is 59.8 Å². The molecule has 3 rings (SSSR count).